The van der Waals surface area contributed by atoms with Crippen LogP contribution in [-0.4, -0.2) is 72.3 Å². The Morgan fingerprint density at radius 2 is 1.65 bits per heavy atom. The zero-order valence-corrected chi connectivity index (χ0v) is 28.1. The number of ether oxygens (including phenoxy) is 2. The summed E-state index contributed by atoms with van der Waals surface area (Å²) in [4.78, 5) is 40.3. The van der Waals surface area contributed by atoms with Crippen LogP contribution in [0.4, 0.5) is 15.3 Å². The average Bonchev–Trinajstić information content (AvgIpc) is 3.11. The van der Waals surface area contributed by atoms with Crippen LogP contribution in [0.25, 0.3) is 11.1 Å². The maximum absolute atomic E-state index is 13.7. The number of benzene rings is 4. The number of aryl methyl sites for hydroxylation is 1. The number of morpholine rings is 1. The Morgan fingerprint density at radius 3 is 2.40 bits per heavy atom. The molecular formula is C37H38ClN3O6S. The van der Waals surface area contributed by atoms with E-state index in [9.17, 15) is 19.5 Å². The number of nitrogens with one attached hydrogen (secondary N) is 2. The number of halogens is 1. The fourth-order valence-electron chi connectivity index (χ4n) is 5.60. The highest BCUT2D eigenvalue weighted by atomic mass is 35.5. The molecule has 9 nitrogen and oxygen atoms in total. The third-order valence-electron chi connectivity index (χ3n) is 8.03. The molecule has 4 aromatic rings. The van der Waals surface area contributed by atoms with E-state index in [1.54, 1.807) is 11.8 Å². The molecule has 1 aliphatic rings. The van der Waals surface area contributed by atoms with E-state index in [2.05, 4.69) is 10.6 Å². The topological polar surface area (TPSA) is 117 Å². The molecule has 48 heavy (non-hydrogen) atoms. The summed E-state index contributed by atoms with van der Waals surface area (Å²) in [5.74, 6) is 0.209. The lowest BCUT2D eigenvalue weighted by Crippen LogP contribution is -2.50. The molecule has 250 valence electrons. The minimum atomic E-state index is -0.976. The summed E-state index contributed by atoms with van der Waals surface area (Å²) in [6.45, 7) is 0.557. The van der Waals surface area contributed by atoms with Crippen molar-refractivity contribution in [1.82, 2.24) is 10.2 Å². The third kappa shape index (κ3) is 10.00. The van der Waals surface area contributed by atoms with Gasteiger partial charge in [0, 0.05) is 27.8 Å². The van der Waals surface area contributed by atoms with E-state index >= 15 is 0 Å². The number of anilines is 1. The summed E-state index contributed by atoms with van der Waals surface area (Å²) in [5, 5.41) is 16.1. The highest BCUT2D eigenvalue weighted by molar-refractivity contribution is 7.99. The monoisotopic (exact) mass is 687 g/mol. The number of nitrogens with zero attached hydrogens (tertiary/aromatic N) is 1. The van der Waals surface area contributed by atoms with Gasteiger partial charge in [-0.2, -0.15) is 0 Å². The molecule has 1 fully saturated rings. The van der Waals surface area contributed by atoms with Gasteiger partial charge in [0.15, 0.2) is 0 Å². The predicted molar refractivity (Wildman–Crippen MR) is 189 cm³/mol. The van der Waals surface area contributed by atoms with Gasteiger partial charge in [0.2, 0.25) is 5.91 Å². The van der Waals surface area contributed by atoms with Crippen molar-refractivity contribution in [2.45, 2.75) is 42.4 Å². The zero-order valence-electron chi connectivity index (χ0n) is 26.5. The second-order valence-corrected chi connectivity index (χ2v) is 13.0. The molecule has 3 N–H and O–H groups in total. The van der Waals surface area contributed by atoms with Crippen molar-refractivity contribution in [2.75, 3.05) is 31.3 Å². The lowest BCUT2D eigenvalue weighted by molar-refractivity contribution is -0.118. The molecule has 0 radical (unpaired) electrons. The number of hydrogen-bond donors (Lipinski definition) is 3. The van der Waals surface area contributed by atoms with Crippen molar-refractivity contribution in [1.29, 1.82) is 0 Å². The standard InChI is InChI=1S/C37H38ClN3O6S/c1-46-36(43)40-34(21-25-8-7-12-28(20-25)26-9-3-2-4-10-26)35(42)39-33-13-6-5-11-27(33)14-17-30-22-41(37(44)45)23-31(47-30)24-48-32-18-15-29(38)16-19-32/h2-13,15-16,18-20,30-31,34H,14,17,21-24H2,1H3,(H,39,42)(H,40,43)(H,44,45)/t30-,31+,34+/m1/s1. The van der Waals surface area contributed by atoms with E-state index in [4.69, 9.17) is 21.1 Å². The van der Waals surface area contributed by atoms with E-state index in [1.165, 1.54) is 12.0 Å². The Morgan fingerprint density at radius 1 is 0.938 bits per heavy atom. The number of amides is 3. The van der Waals surface area contributed by atoms with Crippen LogP contribution >= 0.6 is 23.4 Å². The van der Waals surface area contributed by atoms with Gasteiger partial charge in [0.05, 0.1) is 32.4 Å². The molecule has 1 heterocycles. The fourth-order valence-corrected chi connectivity index (χ4v) is 6.62. The van der Waals surface area contributed by atoms with Crippen LogP contribution in [0, 0.1) is 0 Å². The molecule has 0 unspecified atom stereocenters. The number of carbonyl (C=O) groups excluding carboxylic acids is 2. The predicted octanol–water partition coefficient (Wildman–Crippen LogP) is 7.39. The van der Waals surface area contributed by atoms with Crippen molar-refractivity contribution in [3.05, 3.63) is 119 Å². The first kappa shape index (κ1) is 34.8. The quantitative estimate of drug-likeness (QED) is 0.133. The second kappa shape index (κ2) is 17.1. The first-order chi connectivity index (χ1) is 23.3. The van der Waals surface area contributed by atoms with Crippen LogP contribution in [0.5, 0.6) is 0 Å². The Hall–Kier alpha value is -4.51. The Kier molecular flexibility index (Phi) is 12.4. The van der Waals surface area contributed by atoms with Crippen molar-refractivity contribution in [2.24, 2.45) is 0 Å². The summed E-state index contributed by atoms with van der Waals surface area (Å²) in [6, 6.07) is 31.9. The maximum Gasteiger partial charge on any atom is 0.407 e. The lowest BCUT2D eigenvalue weighted by Gasteiger charge is -2.36. The number of carbonyl (C=O) groups is 3. The van der Waals surface area contributed by atoms with E-state index in [0.29, 0.717) is 35.8 Å². The molecule has 0 aromatic heterocycles. The molecule has 0 bridgehead atoms. The van der Waals surface area contributed by atoms with E-state index in [0.717, 1.165) is 27.1 Å². The number of methoxy groups -OCH3 is 1. The molecule has 4 aromatic carbocycles. The molecule has 1 saturated heterocycles. The number of alkyl carbamates (subject to hydrolysis) is 1. The molecule has 3 atom stereocenters. The highest BCUT2D eigenvalue weighted by Gasteiger charge is 2.31. The Balaban J connectivity index is 1.24. The molecule has 0 spiro atoms. The van der Waals surface area contributed by atoms with Crippen molar-refractivity contribution < 1.29 is 29.0 Å². The summed E-state index contributed by atoms with van der Waals surface area (Å²) >= 11 is 7.60. The Labute approximate surface area is 289 Å². The van der Waals surface area contributed by atoms with E-state index < -0.39 is 18.2 Å². The lowest BCUT2D eigenvalue weighted by atomic mass is 9.99. The van der Waals surface area contributed by atoms with E-state index in [1.807, 2.05) is 103 Å². The maximum atomic E-state index is 13.7. The SMILES string of the molecule is COC(=O)N[C@@H](Cc1cccc(-c2ccccc2)c1)C(=O)Nc1ccccc1CC[C@@H]1CN(C(=O)O)C[C@@H](CSc2ccc(Cl)cc2)O1. The zero-order chi connectivity index (χ0) is 33.9. The summed E-state index contributed by atoms with van der Waals surface area (Å²) in [7, 11) is 1.26. The number of hydrogen-bond acceptors (Lipinski definition) is 6. The minimum Gasteiger partial charge on any atom is -0.465 e. The van der Waals surface area contributed by atoms with Gasteiger partial charge in [-0.3, -0.25) is 4.79 Å². The first-order valence-electron chi connectivity index (χ1n) is 15.7. The highest BCUT2D eigenvalue weighted by Crippen LogP contribution is 2.27. The van der Waals surface area contributed by atoms with Gasteiger partial charge in [-0.25, -0.2) is 9.59 Å². The molecule has 3 amide bonds. The van der Waals surface area contributed by atoms with Crippen molar-refractivity contribution in [3.63, 3.8) is 0 Å². The smallest absolute Gasteiger partial charge is 0.407 e. The molecule has 0 aliphatic carbocycles. The van der Waals surface area contributed by atoms with Gasteiger partial charge >= 0.3 is 12.2 Å². The third-order valence-corrected chi connectivity index (χ3v) is 9.43. The molecule has 0 saturated carbocycles. The van der Waals surface area contributed by atoms with Gasteiger partial charge in [0.1, 0.15) is 6.04 Å². The van der Waals surface area contributed by atoms with Gasteiger partial charge in [0.25, 0.3) is 0 Å². The number of thioether (sulfide) groups is 1. The Bertz CT molecular complexity index is 1690. The van der Waals surface area contributed by atoms with Crippen molar-refractivity contribution in [3.8, 4) is 11.1 Å². The summed E-state index contributed by atoms with van der Waals surface area (Å²) in [6.07, 6.45) is -0.935. The largest absolute Gasteiger partial charge is 0.465 e. The summed E-state index contributed by atoms with van der Waals surface area (Å²) in [5.41, 5.74) is 4.42. The molecule has 1 aliphatic heterocycles. The summed E-state index contributed by atoms with van der Waals surface area (Å²) < 4.78 is 11.2. The number of carboxylic acid groups (broad SMARTS) is 1. The second-order valence-electron chi connectivity index (χ2n) is 11.5. The van der Waals surface area contributed by atoms with E-state index in [-0.39, 0.29) is 31.1 Å². The fraction of sp³-hybridized carbons (Fsp3) is 0.270. The van der Waals surface area contributed by atoms with Crippen LogP contribution in [0.3, 0.4) is 0 Å². The van der Waals surface area contributed by atoms with Crippen LogP contribution in [-0.2, 0) is 27.1 Å². The van der Waals surface area contributed by atoms with Gasteiger partial charge in [-0.1, -0.05) is 84.4 Å². The number of para-hydroxylation sites is 1. The normalized spacial score (nSPS) is 16.5. The van der Waals surface area contributed by atoms with Gasteiger partial charge in [-0.05, 0) is 65.4 Å². The van der Waals surface area contributed by atoms with Gasteiger partial charge in [-0.15, -0.1) is 11.8 Å². The van der Waals surface area contributed by atoms with Gasteiger partial charge < -0.3 is 30.1 Å². The molecular weight excluding hydrogens is 650 g/mol. The van der Waals surface area contributed by atoms with Crippen molar-refractivity contribution >= 4 is 47.1 Å². The van der Waals surface area contributed by atoms with Crippen LogP contribution in [0.2, 0.25) is 5.02 Å². The van der Waals surface area contributed by atoms with Crippen LogP contribution in [0.15, 0.2) is 108 Å². The first-order valence-corrected chi connectivity index (χ1v) is 17.0. The molecule has 11 heteroatoms. The number of rotatable bonds is 12. The minimum absolute atomic E-state index is 0.250. The average molecular weight is 688 g/mol. The molecule has 5 rings (SSSR count). The van der Waals surface area contributed by atoms with Crippen LogP contribution in [0.1, 0.15) is 17.5 Å². The van der Waals surface area contributed by atoms with Crippen LogP contribution < -0.4 is 10.6 Å².